The summed E-state index contributed by atoms with van der Waals surface area (Å²) in [6.07, 6.45) is 3.36. The minimum Gasteiger partial charge on any atom is -0.393 e. The van der Waals surface area contributed by atoms with E-state index in [-0.39, 0.29) is 29.7 Å². The predicted molar refractivity (Wildman–Crippen MR) is 149 cm³/mol. The highest BCUT2D eigenvalue weighted by atomic mass is 16.5. The lowest BCUT2D eigenvalue weighted by Gasteiger charge is -2.37. The number of anilines is 1. The summed E-state index contributed by atoms with van der Waals surface area (Å²) >= 11 is 0. The highest BCUT2D eigenvalue weighted by Crippen LogP contribution is 2.37. The Morgan fingerprint density at radius 2 is 1.85 bits per heavy atom. The predicted octanol–water partition coefficient (Wildman–Crippen LogP) is 5.60. The fourth-order valence-electron chi connectivity index (χ4n) is 6.02. The van der Waals surface area contributed by atoms with Gasteiger partial charge < -0.3 is 19.3 Å². The lowest BCUT2D eigenvalue weighted by molar-refractivity contribution is 0.0851. The second-order valence-electron chi connectivity index (χ2n) is 10.8. The number of rotatable bonds is 6. The summed E-state index contributed by atoms with van der Waals surface area (Å²) in [6, 6.07) is 16.3. The summed E-state index contributed by atoms with van der Waals surface area (Å²) in [5.41, 5.74) is 4.64. The third-order valence-electron chi connectivity index (χ3n) is 8.12. The van der Waals surface area contributed by atoms with Gasteiger partial charge in [0.2, 0.25) is 0 Å². The number of ether oxygens (including phenoxy) is 1. The van der Waals surface area contributed by atoms with Crippen LogP contribution in [0.15, 0.2) is 53.1 Å². The van der Waals surface area contributed by atoms with Gasteiger partial charge in [0.15, 0.2) is 11.6 Å². The average Bonchev–Trinajstić information content (AvgIpc) is 3.31. The van der Waals surface area contributed by atoms with Crippen LogP contribution in [0.25, 0.3) is 22.0 Å². The van der Waals surface area contributed by atoms with E-state index in [1.165, 1.54) is 0 Å². The van der Waals surface area contributed by atoms with Crippen molar-refractivity contribution in [3.05, 3.63) is 71.4 Å². The third-order valence-corrected chi connectivity index (χ3v) is 8.12. The van der Waals surface area contributed by atoms with Crippen molar-refractivity contribution in [1.82, 2.24) is 15.1 Å². The number of fused-ring (bicyclic) bond motifs is 1. The minimum absolute atomic E-state index is 0.0384. The maximum atomic E-state index is 13.5. The molecule has 0 radical (unpaired) electrons. The molecule has 1 N–H and O–H groups in total. The molecule has 4 aromatic rings. The summed E-state index contributed by atoms with van der Waals surface area (Å²) in [4.78, 5) is 25.5. The lowest BCUT2D eigenvalue weighted by atomic mass is 9.84. The number of aryl methyl sites for hydroxylation is 2. The van der Waals surface area contributed by atoms with Gasteiger partial charge in [-0.05, 0) is 68.7 Å². The molecule has 1 saturated carbocycles. The lowest BCUT2D eigenvalue weighted by Crippen LogP contribution is -2.40. The zero-order chi connectivity index (χ0) is 26.9. The monoisotopic (exact) mass is 526 g/mol. The topological polar surface area (TPSA) is 102 Å². The van der Waals surface area contributed by atoms with E-state index < -0.39 is 0 Å². The number of benzene rings is 2. The number of carbonyl (C=O) groups is 1. The van der Waals surface area contributed by atoms with Gasteiger partial charge in [0.05, 0.1) is 36.6 Å². The summed E-state index contributed by atoms with van der Waals surface area (Å²) in [5, 5.41) is 14.9. The molecule has 2 fully saturated rings. The van der Waals surface area contributed by atoms with Crippen LogP contribution in [0.2, 0.25) is 0 Å². The van der Waals surface area contributed by atoms with Gasteiger partial charge in [-0.1, -0.05) is 41.6 Å². The van der Waals surface area contributed by atoms with Crippen molar-refractivity contribution >= 4 is 22.5 Å². The summed E-state index contributed by atoms with van der Waals surface area (Å²) in [5.74, 6) is 1.97. The fraction of sp³-hybridized carbons (Fsp3) is 0.419. The number of ketones is 1. The first-order chi connectivity index (χ1) is 19.0. The Balaban J connectivity index is 1.45. The standard InChI is InChI=1S/C31H34N4O4/c1-19-29(20(2)39-34-19)23-10-13-26-25(17-23)31(35-14-15-38-18-27(35)22-6-4-3-5-7-22)33-30(32-26)28(37)16-21-8-11-24(36)12-9-21/h3-7,10,13,17,21,24,27,36H,8-9,11-12,14-16,18H2,1-2H3/t21?,24?,27-/m1/s1. The van der Waals surface area contributed by atoms with E-state index in [9.17, 15) is 9.90 Å². The molecule has 1 aliphatic carbocycles. The van der Waals surface area contributed by atoms with Gasteiger partial charge in [0, 0.05) is 23.9 Å². The first kappa shape index (κ1) is 25.6. The number of nitrogens with zero attached hydrogens (tertiary/aromatic N) is 4. The number of aromatic nitrogens is 3. The van der Waals surface area contributed by atoms with Gasteiger partial charge in [0.1, 0.15) is 11.6 Å². The van der Waals surface area contributed by atoms with E-state index in [4.69, 9.17) is 19.2 Å². The molecule has 2 aliphatic rings. The minimum atomic E-state index is -0.247. The van der Waals surface area contributed by atoms with Crippen LogP contribution in [-0.4, -0.2) is 51.9 Å². The number of morpholine rings is 1. The highest BCUT2D eigenvalue weighted by molar-refractivity contribution is 5.99. The molecule has 8 nitrogen and oxygen atoms in total. The summed E-state index contributed by atoms with van der Waals surface area (Å²) in [7, 11) is 0. The molecular formula is C31H34N4O4. The number of aliphatic hydroxyl groups is 1. The Kier molecular flexibility index (Phi) is 7.14. The van der Waals surface area contributed by atoms with Crippen molar-refractivity contribution in [1.29, 1.82) is 0 Å². The second kappa shape index (κ2) is 10.9. The van der Waals surface area contributed by atoms with Gasteiger partial charge >= 0.3 is 0 Å². The van der Waals surface area contributed by atoms with Crippen molar-refractivity contribution in [3.8, 4) is 11.1 Å². The van der Waals surface area contributed by atoms with Gasteiger partial charge in [-0.25, -0.2) is 9.97 Å². The van der Waals surface area contributed by atoms with E-state index >= 15 is 0 Å². The van der Waals surface area contributed by atoms with E-state index in [0.29, 0.717) is 26.2 Å². The van der Waals surface area contributed by atoms with E-state index in [1.807, 2.05) is 44.2 Å². The third kappa shape index (κ3) is 5.18. The maximum absolute atomic E-state index is 13.5. The summed E-state index contributed by atoms with van der Waals surface area (Å²) < 4.78 is 11.4. The molecule has 0 spiro atoms. The zero-order valence-corrected chi connectivity index (χ0v) is 22.5. The molecule has 2 aromatic carbocycles. The van der Waals surface area contributed by atoms with Crippen LogP contribution in [0.4, 0.5) is 5.82 Å². The van der Waals surface area contributed by atoms with Gasteiger partial charge in [-0.15, -0.1) is 0 Å². The van der Waals surface area contributed by atoms with Crippen LogP contribution in [-0.2, 0) is 4.74 Å². The van der Waals surface area contributed by atoms with Crippen LogP contribution in [0.1, 0.15) is 65.8 Å². The van der Waals surface area contributed by atoms with Crippen molar-refractivity contribution in [3.63, 3.8) is 0 Å². The molecule has 2 aromatic heterocycles. The number of carbonyl (C=O) groups excluding carboxylic acids is 1. The largest absolute Gasteiger partial charge is 0.393 e. The van der Waals surface area contributed by atoms with Gasteiger partial charge in [0.25, 0.3) is 0 Å². The van der Waals surface area contributed by atoms with Crippen LogP contribution in [0.5, 0.6) is 0 Å². The van der Waals surface area contributed by atoms with Gasteiger partial charge in [-0.3, -0.25) is 4.79 Å². The summed E-state index contributed by atoms with van der Waals surface area (Å²) in [6.45, 7) is 5.61. The van der Waals surface area contributed by atoms with Gasteiger partial charge in [-0.2, -0.15) is 0 Å². The van der Waals surface area contributed by atoms with Crippen molar-refractivity contribution < 1.29 is 19.2 Å². The van der Waals surface area contributed by atoms with Crippen LogP contribution in [0.3, 0.4) is 0 Å². The Morgan fingerprint density at radius 3 is 2.59 bits per heavy atom. The van der Waals surface area contributed by atoms with E-state index in [2.05, 4.69) is 28.3 Å². The number of hydrogen-bond acceptors (Lipinski definition) is 8. The first-order valence-electron chi connectivity index (χ1n) is 13.8. The molecule has 1 aliphatic heterocycles. The maximum Gasteiger partial charge on any atom is 0.200 e. The Hall–Kier alpha value is -3.62. The molecule has 3 heterocycles. The Morgan fingerprint density at radius 1 is 1.05 bits per heavy atom. The van der Waals surface area contributed by atoms with Crippen molar-refractivity contribution in [2.75, 3.05) is 24.7 Å². The quantitative estimate of drug-likeness (QED) is 0.324. The fourth-order valence-corrected chi connectivity index (χ4v) is 6.02. The molecule has 0 amide bonds. The SMILES string of the molecule is Cc1noc(C)c1-c1ccc2nc(C(=O)CC3CCC(O)CC3)nc(N3CCOC[C@@H]3c3ccccc3)c2c1. The van der Waals surface area contributed by atoms with Crippen LogP contribution in [0, 0.1) is 19.8 Å². The molecule has 0 unspecified atom stereocenters. The van der Waals surface area contributed by atoms with Crippen molar-refractivity contribution in [2.24, 2.45) is 5.92 Å². The molecule has 39 heavy (non-hydrogen) atoms. The molecule has 0 bridgehead atoms. The van der Waals surface area contributed by atoms with Crippen molar-refractivity contribution in [2.45, 2.75) is 58.1 Å². The second-order valence-corrected chi connectivity index (χ2v) is 10.8. The Labute approximate surface area is 228 Å². The molecule has 1 saturated heterocycles. The highest BCUT2D eigenvalue weighted by Gasteiger charge is 2.30. The average molecular weight is 527 g/mol. The molecule has 8 heteroatoms. The normalized spacial score (nSPS) is 21.8. The van der Waals surface area contributed by atoms with Crippen LogP contribution < -0.4 is 4.90 Å². The molecule has 6 rings (SSSR count). The number of Topliss-reactive ketones (excluding diaryl/α,β-unsaturated/α-hetero) is 1. The van der Waals surface area contributed by atoms with E-state index in [1.54, 1.807) is 0 Å². The number of hydrogen-bond donors (Lipinski definition) is 1. The molecular weight excluding hydrogens is 492 g/mol. The molecule has 202 valence electrons. The zero-order valence-electron chi connectivity index (χ0n) is 22.5. The first-order valence-corrected chi connectivity index (χ1v) is 13.8. The van der Waals surface area contributed by atoms with E-state index in [0.717, 1.165) is 70.5 Å². The molecule has 1 atom stereocenters. The Bertz CT molecular complexity index is 1460. The number of aliphatic hydroxyl groups excluding tert-OH is 1. The van der Waals surface area contributed by atoms with Crippen LogP contribution >= 0.6 is 0 Å². The smallest absolute Gasteiger partial charge is 0.200 e.